The molecule has 25 heavy (non-hydrogen) atoms. The summed E-state index contributed by atoms with van der Waals surface area (Å²) in [7, 11) is 2.04. The van der Waals surface area contributed by atoms with E-state index >= 15 is 0 Å². The Morgan fingerprint density at radius 2 is 1.88 bits per heavy atom. The maximum absolute atomic E-state index is 4.80. The SMILES string of the molecule is CCC1CCC(Nc2nccc(-c3cnn(C)c3CC3CC3)n2)CC1. The van der Waals surface area contributed by atoms with Crippen molar-refractivity contribution in [3.63, 3.8) is 0 Å². The molecule has 0 radical (unpaired) electrons. The lowest BCUT2D eigenvalue weighted by Gasteiger charge is -2.28. The third kappa shape index (κ3) is 3.86. The highest BCUT2D eigenvalue weighted by Crippen LogP contribution is 2.35. The maximum atomic E-state index is 4.80. The number of aromatic nitrogens is 4. The Labute approximate surface area is 150 Å². The molecule has 4 rings (SSSR count). The molecule has 0 unspecified atom stereocenters. The average Bonchev–Trinajstić information content (AvgIpc) is 3.39. The second-order valence-electron chi connectivity index (χ2n) is 7.81. The van der Waals surface area contributed by atoms with Crippen LogP contribution in [-0.4, -0.2) is 25.8 Å². The molecule has 2 aromatic heterocycles. The Hall–Kier alpha value is -1.91. The normalized spacial score (nSPS) is 23.6. The summed E-state index contributed by atoms with van der Waals surface area (Å²) in [5.41, 5.74) is 3.45. The fourth-order valence-corrected chi connectivity index (χ4v) is 3.99. The van der Waals surface area contributed by atoms with Crippen LogP contribution in [0.15, 0.2) is 18.5 Å². The maximum Gasteiger partial charge on any atom is 0.223 e. The monoisotopic (exact) mass is 339 g/mol. The number of aryl methyl sites for hydroxylation is 1. The molecule has 0 aliphatic heterocycles. The van der Waals surface area contributed by atoms with Gasteiger partial charge in [-0.15, -0.1) is 0 Å². The van der Waals surface area contributed by atoms with E-state index in [0.717, 1.165) is 35.5 Å². The minimum atomic E-state index is 0.512. The van der Waals surface area contributed by atoms with Crippen molar-refractivity contribution in [1.82, 2.24) is 19.7 Å². The molecule has 2 aromatic rings. The highest BCUT2D eigenvalue weighted by atomic mass is 15.3. The molecule has 2 heterocycles. The molecule has 2 aliphatic rings. The highest BCUT2D eigenvalue weighted by Gasteiger charge is 2.25. The summed E-state index contributed by atoms with van der Waals surface area (Å²) in [6.07, 6.45) is 14.0. The third-order valence-electron chi connectivity index (χ3n) is 5.93. The Bertz CT molecular complexity index is 711. The number of rotatable bonds is 6. The van der Waals surface area contributed by atoms with Gasteiger partial charge in [-0.2, -0.15) is 5.10 Å². The summed E-state index contributed by atoms with van der Waals surface area (Å²) in [5.74, 6) is 2.51. The van der Waals surface area contributed by atoms with Crippen LogP contribution < -0.4 is 5.32 Å². The van der Waals surface area contributed by atoms with Gasteiger partial charge in [0.05, 0.1) is 11.9 Å². The van der Waals surface area contributed by atoms with E-state index in [-0.39, 0.29) is 0 Å². The van der Waals surface area contributed by atoms with Gasteiger partial charge in [0.1, 0.15) is 0 Å². The number of nitrogens with one attached hydrogen (secondary N) is 1. The average molecular weight is 339 g/mol. The van der Waals surface area contributed by atoms with Crippen LogP contribution in [0.3, 0.4) is 0 Å². The minimum Gasteiger partial charge on any atom is -0.351 e. The number of anilines is 1. The molecule has 134 valence electrons. The van der Waals surface area contributed by atoms with Crippen molar-refractivity contribution in [3.8, 4) is 11.3 Å². The van der Waals surface area contributed by atoms with Crippen LogP contribution in [0, 0.1) is 11.8 Å². The molecule has 0 saturated heterocycles. The van der Waals surface area contributed by atoms with E-state index in [0.29, 0.717) is 6.04 Å². The lowest BCUT2D eigenvalue weighted by atomic mass is 9.85. The summed E-state index contributed by atoms with van der Waals surface area (Å²) in [6, 6.07) is 2.52. The van der Waals surface area contributed by atoms with Crippen LogP contribution in [0.4, 0.5) is 5.95 Å². The molecule has 5 nitrogen and oxygen atoms in total. The first kappa shape index (κ1) is 16.6. The summed E-state index contributed by atoms with van der Waals surface area (Å²) in [4.78, 5) is 9.26. The van der Waals surface area contributed by atoms with E-state index in [1.165, 1.54) is 50.6 Å². The lowest BCUT2D eigenvalue weighted by Crippen LogP contribution is -2.26. The molecule has 0 bridgehead atoms. The van der Waals surface area contributed by atoms with E-state index < -0.39 is 0 Å². The highest BCUT2D eigenvalue weighted by molar-refractivity contribution is 5.62. The largest absolute Gasteiger partial charge is 0.351 e. The summed E-state index contributed by atoms with van der Waals surface area (Å²) in [6.45, 7) is 2.30. The third-order valence-corrected chi connectivity index (χ3v) is 5.93. The first-order valence-corrected chi connectivity index (χ1v) is 9.83. The zero-order valence-corrected chi connectivity index (χ0v) is 15.4. The second kappa shape index (κ2) is 7.14. The van der Waals surface area contributed by atoms with Crippen LogP contribution >= 0.6 is 0 Å². The van der Waals surface area contributed by atoms with E-state index in [2.05, 4.69) is 22.3 Å². The fraction of sp³-hybridized carbons (Fsp3) is 0.650. The van der Waals surface area contributed by atoms with Crippen molar-refractivity contribution < 1.29 is 0 Å². The molecular weight excluding hydrogens is 310 g/mol. The molecule has 0 amide bonds. The Morgan fingerprint density at radius 1 is 1.12 bits per heavy atom. The zero-order chi connectivity index (χ0) is 17.2. The van der Waals surface area contributed by atoms with Gasteiger partial charge >= 0.3 is 0 Å². The van der Waals surface area contributed by atoms with E-state index in [9.17, 15) is 0 Å². The van der Waals surface area contributed by atoms with Crippen LogP contribution in [0.1, 0.15) is 57.6 Å². The molecule has 0 aromatic carbocycles. The molecule has 2 aliphatic carbocycles. The quantitative estimate of drug-likeness (QED) is 0.856. The van der Waals surface area contributed by atoms with Crippen molar-refractivity contribution in [2.75, 3.05) is 5.32 Å². The van der Waals surface area contributed by atoms with Gasteiger partial charge < -0.3 is 5.32 Å². The summed E-state index contributed by atoms with van der Waals surface area (Å²) in [5, 5.41) is 8.04. The Kier molecular flexibility index (Phi) is 4.73. The van der Waals surface area contributed by atoms with Crippen molar-refractivity contribution in [2.24, 2.45) is 18.9 Å². The van der Waals surface area contributed by atoms with Gasteiger partial charge in [-0.25, -0.2) is 9.97 Å². The second-order valence-corrected chi connectivity index (χ2v) is 7.81. The molecule has 0 atom stereocenters. The molecule has 5 heteroatoms. The van der Waals surface area contributed by atoms with Gasteiger partial charge in [-0.1, -0.05) is 13.3 Å². The van der Waals surface area contributed by atoms with E-state index in [4.69, 9.17) is 4.98 Å². The molecule has 2 saturated carbocycles. The Balaban J connectivity index is 1.48. The van der Waals surface area contributed by atoms with Crippen LogP contribution in [0.25, 0.3) is 11.3 Å². The predicted molar refractivity (Wildman–Crippen MR) is 100 cm³/mol. The number of hydrogen-bond acceptors (Lipinski definition) is 4. The minimum absolute atomic E-state index is 0.512. The van der Waals surface area contributed by atoms with Gasteiger partial charge in [-0.05, 0) is 62.8 Å². The smallest absolute Gasteiger partial charge is 0.223 e. The number of hydrogen-bond donors (Lipinski definition) is 1. The van der Waals surface area contributed by atoms with Gasteiger partial charge in [0.15, 0.2) is 0 Å². The molecule has 2 fully saturated rings. The standard InChI is InChI=1S/C20H29N5/c1-3-14-6-8-16(9-7-14)23-20-21-11-10-18(24-20)17-13-22-25(2)19(17)12-15-4-5-15/h10-11,13-16H,3-9,12H2,1-2H3,(H,21,23,24). The first-order valence-electron chi connectivity index (χ1n) is 9.83. The van der Waals surface area contributed by atoms with Gasteiger partial charge in [0.25, 0.3) is 0 Å². The van der Waals surface area contributed by atoms with Crippen LogP contribution in [0.2, 0.25) is 0 Å². The van der Waals surface area contributed by atoms with E-state index in [1.807, 2.05) is 30.2 Å². The molecular formula is C20H29N5. The van der Waals surface area contributed by atoms with Crippen molar-refractivity contribution >= 4 is 5.95 Å². The zero-order valence-electron chi connectivity index (χ0n) is 15.4. The summed E-state index contributed by atoms with van der Waals surface area (Å²) >= 11 is 0. The van der Waals surface area contributed by atoms with E-state index in [1.54, 1.807) is 0 Å². The lowest BCUT2D eigenvalue weighted by molar-refractivity contribution is 0.329. The first-order chi connectivity index (χ1) is 12.2. The molecule has 0 spiro atoms. The van der Waals surface area contributed by atoms with Crippen molar-refractivity contribution in [1.29, 1.82) is 0 Å². The van der Waals surface area contributed by atoms with Gasteiger partial charge in [0.2, 0.25) is 5.95 Å². The number of nitrogens with zero attached hydrogens (tertiary/aromatic N) is 4. The predicted octanol–water partition coefficient (Wildman–Crippen LogP) is 4.21. The molecule has 1 N–H and O–H groups in total. The topological polar surface area (TPSA) is 55.6 Å². The van der Waals surface area contributed by atoms with Gasteiger partial charge in [-0.3, -0.25) is 4.68 Å². The van der Waals surface area contributed by atoms with Crippen LogP contribution in [-0.2, 0) is 13.5 Å². The van der Waals surface area contributed by atoms with Crippen molar-refractivity contribution in [2.45, 2.75) is 64.3 Å². The van der Waals surface area contributed by atoms with Gasteiger partial charge in [0, 0.05) is 30.5 Å². The summed E-state index contributed by atoms with van der Waals surface area (Å²) < 4.78 is 2.01. The Morgan fingerprint density at radius 3 is 2.60 bits per heavy atom. The van der Waals surface area contributed by atoms with Crippen LogP contribution in [0.5, 0.6) is 0 Å². The fourth-order valence-electron chi connectivity index (χ4n) is 3.99. The van der Waals surface area contributed by atoms with Crippen molar-refractivity contribution in [3.05, 3.63) is 24.2 Å².